The Bertz CT molecular complexity index is 61.5. The second-order valence-electron chi connectivity index (χ2n) is 3.68. The molecule has 0 amide bonds. The first-order valence-electron chi connectivity index (χ1n) is 5.71. The summed E-state index contributed by atoms with van der Waals surface area (Å²) in [6, 6.07) is 0. The molecule has 0 atom stereocenters. The molecule has 0 aliphatic heterocycles. The van der Waals surface area contributed by atoms with Crippen LogP contribution in [0.5, 0.6) is 0 Å². The summed E-state index contributed by atoms with van der Waals surface area (Å²) in [7, 11) is 0. The molecule has 0 aliphatic carbocycles. The molecule has 0 saturated carbocycles. The first-order chi connectivity index (χ1) is 5.91. The summed E-state index contributed by atoms with van der Waals surface area (Å²) in [5.74, 6) is 0. The maximum atomic E-state index is 3.84. The average molecular weight is 374 g/mol. The van der Waals surface area contributed by atoms with Gasteiger partial charge in [0.15, 0.2) is 0 Å². The van der Waals surface area contributed by atoms with E-state index in [1.807, 2.05) is 0 Å². The van der Waals surface area contributed by atoms with Crippen LogP contribution in [0.15, 0.2) is 0 Å². The van der Waals surface area contributed by atoms with E-state index in [9.17, 15) is 0 Å². The van der Waals surface area contributed by atoms with Crippen LogP contribution in [-0.2, 0) is 0 Å². The van der Waals surface area contributed by atoms with Crippen molar-refractivity contribution in [2.75, 3.05) is 0 Å². The summed E-state index contributed by atoms with van der Waals surface area (Å²) in [5, 5.41) is 0. The summed E-state index contributed by atoms with van der Waals surface area (Å²) in [4.78, 5) is 0. The third-order valence-corrected chi connectivity index (χ3v) is 2.35. The molecule has 0 bridgehead atoms. The van der Waals surface area contributed by atoms with Crippen molar-refractivity contribution >= 4 is 27.3 Å². The zero-order valence-electron chi connectivity index (χ0n) is 9.36. The van der Waals surface area contributed by atoms with E-state index < -0.39 is 0 Å². The third-order valence-electron chi connectivity index (χ3n) is 2.35. The molecule has 0 aliphatic rings. The van der Waals surface area contributed by atoms with Crippen LogP contribution in [0.4, 0.5) is 0 Å². The van der Waals surface area contributed by atoms with Gasteiger partial charge in [-0.15, -0.1) is 0 Å². The molecule has 0 rings (SSSR count). The Morgan fingerprint density at radius 3 is 1.46 bits per heavy atom. The first-order valence-corrected chi connectivity index (χ1v) is 5.71. The SMILES string of the molecule is [CH2]CCCCCCCCCCC.[Tl]. The van der Waals surface area contributed by atoms with Gasteiger partial charge in [-0.25, -0.2) is 0 Å². The van der Waals surface area contributed by atoms with E-state index in [-0.39, 0.29) is 27.3 Å². The Morgan fingerprint density at radius 1 is 0.692 bits per heavy atom. The van der Waals surface area contributed by atoms with Gasteiger partial charge < -0.3 is 0 Å². The standard InChI is InChI=1S/C12H25.Tl/c1-3-5-7-9-11-12-10-8-6-4-2;/h1,3-12H2,2H3;. The van der Waals surface area contributed by atoms with Crippen molar-refractivity contribution in [1.82, 2.24) is 0 Å². The van der Waals surface area contributed by atoms with Crippen molar-refractivity contribution in [3.05, 3.63) is 6.92 Å². The zero-order chi connectivity index (χ0) is 9.07. The van der Waals surface area contributed by atoms with Crippen LogP contribution in [0, 0.1) is 6.92 Å². The maximum Gasteiger partial charge on any atom is 0 e. The predicted octanol–water partition coefficient (Wildman–Crippen LogP) is 4.36. The van der Waals surface area contributed by atoms with Gasteiger partial charge in [0, 0.05) is 27.3 Å². The molecule has 0 heterocycles. The monoisotopic (exact) mass is 374 g/mol. The van der Waals surface area contributed by atoms with Gasteiger partial charge in [-0.3, -0.25) is 0 Å². The van der Waals surface area contributed by atoms with Crippen molar-refractivity contribution in [3.8, 4) is 0 Å². The molecule has 0 nitrogen and oxygen atoms in total. The molecule has 1 heteroatoms. The fraction of sp³-hybridized carbons (Fsp3) is 0.917. The third kappa shape index (κ3) is 15.7. The predicted molar refractivity (Wildman–Crippen MR) is 63.0 cm³/mol. The topological polar surface area (TPSA) is 0 Å². The Morgan fingerprint density at radius 2 is 1.08 bits per heavy atom. The Labute approximate surface area is 105 Å². The largest absolute Gasteiger partial charge is 0.0654 e. The summed E-state index contributed by atoms with van der Waals surface area (Å²) in [6.07, 6.45) is 13.9. The first kappa shape index (κ1) is 16.4. The van der Waals surface area contributed by atoms with Gasteiger partial charge in [-0.05, 0) is 0 Å². The number of rotatable bonds is 9. The molecule has 13 heavy (non-hydrogen) atoms. The second-order valence-corrected chi connectivity index (χ2v) is 3.68. The van der Waals surface area contributed by atoms with Crippen LogP contribution in [-0.4, -0.2) is 27.3 Å². The quantitative estimate of drug-likeness (QED) is 0.416. The van der Waals surface area contributed by atoms with Gasteiger partial charge in [0.2, 0.25) is 0 Å². The van der Waals surface area contributed by atoms with Gasteiger partial charge in [0.1, 0.15) is 0 Å². The van der Waals surface area contributed by atoms with Gasteiger partial charge >= 0.3 is 0 Å². The molecular formula is C12H25Tl. The summed E-state index contributed by atoms with van der Waals surface area (Å²) >= 11 is 0. The molecule has 0 spiro atoms. The van der Waals surface area contributed by atoms with Crippen molar-refractivity contribution in [1.29, 1.82) is 0 Å². The average Bonchev–Trinajstić information content (AvgIpc) is 2.10. The molecule has 0 unspecified atom stereocenters. The summed E-state index contributed by atoms with van der Waals surface area (Å²) in [5.41, 5.74) is 0. The van der Waals surface area contributed by atoms with Gasteiger partial charge in [0.25, 0.3) is 0 Å². The zero-order valence-corrected chi connectivity index (χ0v) is 13.8. The molecule has 2 radical (unpaired) electrons. The molecule has 0 aromatic heterocycles. The molecule has 76 valence electrons. The smallest absolute Gasteiger partial charge is 0 e. The fourth-order valence-electron chi connectivity index (χ4n) is 1.49. The second kappa shape index (κ2) is 15.4. The minimum atomic E-state index is 0. The van der Waals surface area contributed by atoms with Crippen LogP contribution in [0.3, 0.4) is 0 Å². The minimum Gasteiger partial charge on any atom is -0.0654 e. The van der Waals surface area contributed by atoms with Crippen molar-refractivity contribution in [3.63, 3.8) is 0 Å². The van der Waals surface area contributed by atoms with Gasteiger partial charge in [-0.2, -0.15) is 0 Å². The van der Waals surface area contributed by atoms with E-state index >= 15 is 0 Å². The van der Waals surface area contributed by atoms with Gasteiger partial charge in [-0.1, -0.05) is 78.1 Å². The van der Waals surface area contributed by atoms with Crippen LogP contribution in [0.1, 0.15) is 71.1 Å². The van der Waals surface area contributed by atoms with Crippen LogP contribution < -0.4 is 0 Å². The van der Waals surface area contributed by atoms with Crippen LogP contribution in [0.2, 0.25) is 0 Å². The molecule has 0 saturated heterocycles. The number of unbranched alkanes of at least 4 members (excludes halogenated alkanes) is 9. The Kier molecular flexibility index (Phi) is 19.4. The van der Waals surface area contributed by atoms with Crippen LogP contribution >= 0.6 is 0 Å². The Balaban J connectivity index is 0. The van der Waals surface area contributed by atoms with E-state index in [2.05, 4.69) is 13.8 Å². The minimum absolute atomic E-state index is 0. The maximum absolute atomic E-state index is 3.84. The van der Waals surface area contributed by atoms with Crippen molar-refractivity contribution < 1.29 is 0 Å². The molecule has 0 aromatic carbocycles. The summed E-state index contributed by atoms with van der Waals surface area (Å²) < 4.78 is 0. The van der Waals surface area contributed by atoms with Crippen LogP contribution in [0.25, 0.3) is 0 Å². The van der Waals surface area contributed by atoms with E-state index in [1.165, 1.54) is 57.8 Å². The van der Waals surface area contributed by atoms with Gasteiger partial charge in [0.05, 0.1) is 0 Å². The van der Waals surface area contributed by atoms with Crippen molar-refractivity contribution in [2.24, 2.45) is 0 Å². The normalized spacial score (nSPS) is 9.69. The summed E-state index contributed by atoms with van der Waals surface area (Å²) in [6.45, 7) is 6.12. The van der Waals surface area contributed by atoms with E-state index in [1.54, 1.807) is 0 Å². The van der Waals surface area contributed by atoms with Crippen molar-refractivity contribution in [2.45, 2.75) is 71.1 Å². The molecule has 0 fully saturated rings. The fourth-order valence-corrected chi connectivity index (χ4v) is 1.49. The molecule has 0 N–H and O–H groups in total. The Hall–Kier alpha value is 0.922. The molecular weight excluding hydrogens is 349 g/mol. The number of hydrogen-bond donors (Lipinski definition) is 0. The molecule has 0 aromatic rings. The van der Waals surface area contributed by atoms with E-state index in [0.29, 0.717) is 0 Å². The number of hydrogen-bond acceptors (Lipinski definition) is 0. The van der Waals surface area contributed by atoms with E-state index in [4.69, 9.17) is 0 Å². The van der Waals surface area contributed by atoms with E-state index in [0.717, 1.165) is 6.42 Å².